The number of aromatic nitrogens is 2. The molecule has 5 N–H and O–H groups in total. The lowest BCUT2D eigenvalue weighted by Gasteiger charge is -2.19. The number of imidazole rings is 1. The second-order valence-corrected chi connectivity index (χ2v) is 8.15. The molecule has 0 aliphatic carbocycles. The van der Waals surface area contributed by atoms with E-state index in [9.17, 15) is 23.9 Å². The predicted molar refractivity (Wildman–Crippen MR) is 126 cm³/mol. The summed E-state index contributed by atoms with van der Waals surface area (Å²) < 4.78 is 13.2. The first-order valence-corrected chi connectivity index (χ1v) is 10.7. The van der Waals surface area contributed by atoms with Gasteiger partial charge in [-0.25, -0.2) is 9.37 Å². The van der Waals surface area contributed by atoms with Gasteiger partial charge < -0.3 is 26.0 Å². The van der Waals surface area contributed by atoms with Crippen molar-refractivity contribution < 1.29 is 23.9 Å². The zero-order valence-corrected chi connectivity index (χ0v) is 19.1. The molecule has 0 aliphatic rings. The van der Waals surface area contributed by atoms with E-state index in [4.69, 9.17) is 11.6 Å². The van der Waals surface area contributed by atoms with Crippen molar-refractivity contribution in [3.8, 4) is 0 Å². The Morgan fingerprint density at radius 2 is 1.65 bits per heavy atom. The quantitative estimate of drug-likeness (QED) is 0.331. The molecule has 0 aliphatic heterocycles. The van der Waals surface area contributed by atoms with Crippen LogP contribution in [-0.4, -0.2) is 45.4 Å². The number of carbonyl (C=O) groups is 3. The van der Waals surface area contributed by atoms with E-state index in [0.717, 1.165) is 12.1 Å². The Labute approximate surface area is 199 Å². The molecule has 0 bridgehead atoms. The monoisotopic (exact) mass is 487 g/mol. The minimum Gasteiger partial charge on any atom is -0.394 e. The van der Waals surface area contributed by atoms with Gasteiger partial charge >= 0.3 is 0 Å². The van der Waals surface area contributed by atoms with Crippen LogP contribution >= 0.6 is 11.6 Å². The van der Waals surface area contributed by atoms with Crippen LogP contribution < -0.4 is 16.0 Å². The average molecular weight is 488 g/mol. The second-order valence-electron chi connectivity index (χ2n) is 7.74. The molecule has 0 radical (unpaired) electrons. The van der Waals surface area contributed by atoms with Crippen molar-refractivity contribution in [1.82, 2.24) is 15.3 Å². The van der Waals surface area contributed by atoms with Crippen LogP contribution in [0, 0.1) is 11.7 Å². The lowest BCUT2D eigenvalue weighted by Crippen LogP contribution is -2.41. The Hall–Kier alpha value is -3.76. The van der Waals surface area contributed by atoms with Gasteiger partial charge in [0.2, 0.25) is 0 Å². The van der Waals surface area contributed by atoms with Gasteiger partial charge in [-0.3, -0.25) is 14.4 Å². The number of hydrogen-bond donors (Lipinski definition) is 5. The van der Waals surface area contributed by atoms with Crippen LogP contribution in [-0.2, 0) is 0 Å². The van der Waals surface area contributed by atoms with Crippen molar-refractivity contribution >= 4 is 40.7 Å². The Bertz CT molecular complexity index is 1200. The molecular weight excluding hydrogens is 465 g/mol. The number of halogens is 2. The molecule has 34 heavy (non-hydrogen) atoms. The van der Waals surface area contributed by atoms with Crippen LogP contribution in [0.4, 0.5) is 15.8 Å². The number of hydrogen-bond acceptors (Lipinski definition) is 5. The number of rotatable bonds is 8. The van der Waals surface area contributed by atoms with Crippen LogP contribution in [0.1, 0.15) is 45.2 Å². The van der Waals surface area contributed by atoms with Gasteiger partial charge in [0.25, 0.3) is 17.7 Å². The van der Waals surface area contributed by atoms with Crippen LogP contribution in [0.15, 0.2) is 48.8 Å². The number of H-pyrrole nitrogens is 1. The normalized spacial score (nSPS) is 11.7. The number of aliphatic hydroxyl groups is 1. The van der Waals surface area contributed by atoms with E-state index in [1.165, 1.54) is 12.4 Å². The molecule has 9 nitrogen and oxygen atoms in total. The number of aliphatic hydroxyl groups excluding tert-OH is 1. The Morgan fingerprint density at radius 1 is 1.03 bits per heavy atom. The fraction of sp³-hybridized carbons (Fsp3) is 0.217. The topological polar surface area (TPSA) is 136 Å². The Kier molecular flexibility index (Phi) is 7.98. The van der Waals surface area contributed by atoms with Crippen molar-refractivity contribution in [3.05, 3.63) is 76.6 Å². The molecule has 1 atom stereocenters. The third kappa shape index (κ3) is 5.97. The molecule has 3 rings (SSSR count). The van der Waals surface area contributed by atoms with Gasteiger partial charge in [0.15, 0.2) is 5.69 Å². The van der Waals surface area contributed by atoms with E-state index >= 15 is 0 Å². The summed E-state index contributed by atoms with van der Waals surface area (Å²) in [6.07, 6.45) is 1.23. The summed E-state index contributed by atoms with van der Waals surface area (Å²) >= 11 is 5.91. The molecule has 2 aromatic carbocycles. The first-order chi connectivity index (χ1) is 16.2. The summed E-state index contributed by atoms with van der Waals surface area (Å²) in [6, 6.07) is 9.20. The highest BCUT2D eigenvalue weighted by molar-refractivity contribution is 6.34. The van der Waals surface area contributed by atoms with E-state index in [-0.39, 0.29) is 34.5 Å². The summed E-state index contributed by atoms with van der Waals surface area (Å²) in [4.78, 5) is 44.1. The second kappa shape index (κ2) is 10.9. The maximum atomic E-state index is 13.2. The lowest BCUT2D eigenvalue weighted by molar-refractivity contribution is 0.0884. The highest BCUT2D eigenvalue weighted by Crippen LogP contribution is 2.20. The fourth-order valence-electron chi connectivity index (χ4n) is 3.00. The Balaban J connectivity index is 1.65. The lowest BCUT2D eigenvalue weighted by atomic mass is 10.1. The predicted octanol–water partition coefficient (Wildman–Crippen LogP) is 3.45. The number of benzene rings is 2. The SMILES string of the molecule is CC(C)[C@@H](CO)NC(=O)c1nc[nH]c1C(=O)Nc1ccc(NC(=O)c2ccc(F)cc2Cl)cc1. The highest BCUT2D eigenvalue weighted by Gasteiger charge is 2.23. The largest absolute Gasteiger partial charge is 0.394 e. The van der Waals surface area contributed by atoms with Crippen molar-refractivity contribution in [2.24, 2.45) is 5.92 Å². The van der Waals surface area contributed by atoms with Crippen LogP contribution in [0.25, 0.3) is 0 Å². The maximum Gasteiger partial charge on any atom is 0.274 e. The maximum absolute atomic E-state index is 13.2. The standard InChI is InChI=1S/C23H23ClFN5O4/c1-12(2)18(10-31)30-23(34)20-19(26-11-27-20)22(33)29-15-6-4-14(5-7-15)28-21(32)16-8-3-13(25)9-17(16)24/h3-9,11-12,18,31H,10H2,1-2H3,(H,26,27)(H,28,32)(H,29,33)(H,30,34)/t18-/m1/s1. The fourth-order valence-corrected chi connectivity index (χ4v) is 3.25. The molecule has 0 spiro atoms. The van der Waals surface area contributed by atoms with Gasteiger partial charge in [0.1, 0.15) is 11.5 Å². The number of nitrogens with zero attached hydrogens (tertiary/aromatic N) is 1. The van der Waals surface area contributed by atoms with Crippen molar-refractivity contribution in [3.63, 3.8) is 0 Å². The molecular formula is C23H23ClFN5O4. The molecule has 0 fully saturated rings. The number of anilines is 2. The summed E-state index contributed by atoms with van der Waals surface area (Å²) in [5.74, 6) is -2.26. The van der Waals surface area contributed by atoms with Gasteiger partial charge in [-0.15, -0.1) is 0 Å². The average Bonchev–Trinajstić information content (AvgIpc) is 3.28. The highest BCUT2D eigenvalue weighted by atomic mass is 35.5. The number of amides is 3. The molecule has 178 valence electrons. The molecule has 1 heterocycles. The molecule has 0 unspecified atom stereocenters. The summed E-state index contributed by atoms with van der Waals surface area (Å²) in [6.45, 7) is 3.45. The number of aromatic amines is 1. The minimum absolute atomic E-state index is 0.0109. The zero-order chi connectivity index (χ0) is 24.8. The molecule has 3 aromatic rings. The van der Waals surface area contributed by atoms with Crippen LogP contribution in [0.3, 0.4) is 0 Å². The number of nitrogens with one attached hydrogen (secondary N) is 4. The third-order valence-electron chi connectivity index (χ3n) is 4.98. The van der Waals surface area contributed by atoms with Gasteiger partial charge in [0, 0.05) is 11.4 Å². The van der Waals surface area contributed by atoms with Gasteiger partial charge in [-0.1, -0.05) is 25.4 Å². The first kappa shape index (κ1) is 24.9. The minimum atomic E-state index is -0.595. The molecule has 3 amide bonds. The van der Waals surface area contributed by atoms with Crippen LogP contribution in [0.2, 0.25) is 5.02 Å². The van der Waals surface area contributed by atoms with E-state index in [1.54, 1.807) is 24.3 Å². The van der Waals surface area contributed by atoms with Crippen molar-refractivity contribution in [2.45, 2.75) is 19.9 Å². The first-order valence-electron chi connectivity index (χ1n) is 10.3. The summed E-state index contributed by atoms with van der Waals surface area (Å²) in [7, 11) is 0. The Morgan fingerprint density at radius 3 is 2.21 bits per heavy atom. The van der Waals surface area contributed by atoms with Gasteiger partial charge in [-0.2, -0.15) is 0 Å². The molecule has 0 saturated heterocycles. The van der Waals surface area contributed by atoms with Crippen molar-refractivity contribution in [1.29, 1.82) is 0 Å². The molecule has 0 saturated carbocycles. The van der Waals surface area contributed by atoms with Gasteiger partial charge in [-0.05, 0) is 48.4 Å². The number of carbonyl (C=O) groups excluding carboxylic acids is 3. The smallest absolute Gasteiger partial charge is 0.274 e. The molecule has 11 heteroatoms. The van der Waals surface area contributed by atoms with Gasteiger partial charge in [0.05, 0.1) is 29.6 Å². The van der Waals surface area contributed by atoms with E-state index in [2.05, 4.69) is 25.9 Å². The zero-order valence-electron chi connectivity index (χ0n) is 18.4. The van der Waals surface area contributed by atoms with Crippen LogP contribution in [0.5, 0.6) is 0 Å². The third-order valence-corrected chi connectivity index (χ3v) is 5.29. The molecule has 1 aromatic heterocycles. The van der Waals surface area contributed by atoms with E-state index in [1.807, 2.05) is 13.8 Å². The summed E-state index contributed by atoms with van der Waals surface area (Å²) in [5, 5.41) is 17.3. The summed E-state index contributed by atoms with van der Waals surface area (Å²) in [5.41, 5.74) is 0.803. The van der Waals surface area contributed by atoms with E-state index in [0.29, 0.717) is 11.4 Å². The van der Waals surface area contributed by atoms with E-state index < -0.39 is 29.6 Å². The van der Waals surface area contributed by atoms with Crippen molar-refractivity contribution in [2.75, 3.05) is 17.2 Å².